The molecule has 0 unspecified atom stereocenters. The third kappa shape index (κ3) is 15.7. The lowest BCUT2D eigenvalue weighted by atomic mass is 9.87. The average molecular weight is 457 g/mol. The lowest BCUT2D eigenvalue weighted by molar-refractivity contribution is -0.152. The predicted octanol–water partition coefficient (Wildman–Crippen LogP) is 2.93. The van der Waals surface area contributed by atoms with Gasteiger partial charge in [0.1, 0.15) is 6.10 Å². The van der Waals surface area contributed by atoms with Gasteiger partial charge < -0.3 is 20.5 Å². The summed E-state index contributed by atoms with van der Waals surface area (Å²) in [6.07, 6.45) is 9.42. The van der Waals surface area contributed by atoms with Gasteiger partial charge in [0.15, 0.2) is 0 Å². The normalized spacial score (nSPS) is 11.8. The molecule has 3 N–H and O–H groups in total. The molecule has 0 fully saturated rings. The molecule has 0 radical (unpaired) electrons. The highest BCUT2D eigenvalue weighted by Crippen LogP contribution is 2.21. The number of unbranched alkanes of at least 4 members (excludes halogenated alkanes) is 5. The number of amides is 2. The Morgan fingerprint density at radius 2 is 1.81 bits per heavy atom. The average Bonchev–Trinajstić information content (AvgIpc) is 2.74. The van der Waals surface area contributed by atoms with E-state index in [-0.39, 0.29) is 31.9 Å². The van der Waals surface area contributed by atoms with Gasteiger partial charge >= 0.3 is 5.97 Å². The molecule has 0 aliphatic rings. The third-order valence-electron chi connectivity index (χ3n) is 4.64. The summed E-state index contributed by atoms with van der Waals surface area (Å²) in [5.41, 5.74) is 2.02. The molecule has 178 valence electrons. The van der Waals surface area contributed by atoms with Crippen LogP contribution in [-0.2, 0) is 19.1 Å². The van der Waals surface area contributed by atoms with E-state index in [2.05, 4.69) is 35.9 Å². The van der Waals surface area contributed by atoms with Crippen LogP contribution in [0, 0.1) is 5.41 Å². The molecular formula is C23H40N2O5S. The van der Waals surface area contributed by atoms with Gasteiger partial charge in [-0.3, -0.25) is 14.4 Å². The van der Waals surface area contributed by atoms with Crippen molar-refractivity contribution in [1.82, 2.24) is 10.6 Å². The fourth-order valence-electron chi connectivity index (χ4n) is 2.60. The zero-order valence-corrected chi connectivity index (χ0v) is 20.1. The van der Waals surface area contributed by atoms with E-state index in [1.807, 2.05) is 6.08 Å². The first kappa shape index (κ1) is 29.2. The van der Waals surface area contributed by atoms with Crippen LogP contribution in [0.15, 0.2) is 17.9 Å². The van der Waals surface area contributed by atoms with E-state index in [0.717, 1.165) is 12.8 Å². The van der Waals surface area contributed by atoms with Gasteiger partial charge in [0.05, 0.1) is 13.0 Å². The minimum atomic E-state index is -1.37. The van der Waals surface area contributed by atoms with Crippen molar-refractivity contribution in [2.45, 2.75) is 78.2 Å². The standard InChI is InChI=1S/C23H40N2O5S/c1-4-5-6-7-8-9-10-11-12-13-20(27)30-18-23(2,3)21(28)22(29)25-15-14-19(26)24-16-17-31/h10,12,21,28,31H,4-9,13-18H2,1-3H3,(H,24,26)(H,25,29)/t11?,21-/m1/s1. The highest BCUT2D eigenvalue weighted by atomic mass is 32.1. The topological polar surface area (TPSA) is 105 Å². The van der Waals surface area contributed by atoms with E-state index in [9.17, 15) is 19.5 Å². The smallest absolute Gasteiger partial charge is 0.310 e. The van der Waals surface area contributed by atoms with Crippen LogP contribution in [-0.4, -0.2) is 54.4 Å². The van der Waals surface area contributed by atoms with Gasteiger partial charge in [-0.05, 0) is 25.0 Å². The number of aliphatic hydroxyl groups is 1. The van der Waals surface area contributed by atoms with E-state index in [0.29, 0.717) is 12.3 Å². The number of rotatable bonds is 17. The Morgan fingerprint density at radius 1 is 1.10 bits per heavy atom. The van der Waals surface area contributed by atoms with Gasteiger partial charge in [-0.25, -0.2) is 0 Å². The second-order valence-electron chi connectivity index (χ2n) is 8.15. The number of thiol groups is 1. The summed E-state index contributed by atoms with van der Waals surface area (Å²) < 4.78 is 5.20. The predicted molar refractivity (Wildman–Crippen MR) is 126 cm³/mol. The van der Waals surface area contributed by atoms with Crippen LogP contribution in [0.3, 0.4) is 0 Å². The van der Waals surface area contributed by atoms with Crippen LogP contribution in [0.25, 0.3) is 0 Å². The van der Waals surface area contributed by atoms with Crippen LogP contribution in [0.2, 0.25) is 0 Å². The van der Waals surface area contributed by atoms with Crippen LogP contribution in [0.4, 0.5) is 0 Å². The van der Waals surface area contributed by atoms with E-state index < -0.39 is 23.4 Å². The molecule has 31 heavy (non-hydrogen) atoms. The quantitative estimate of drug-likeness (QED) is 0.117. The second-order valence-corrected chi connectivity index (χ2v) is 8.60. The van der Waals surface area contributed by atoms with Crippen molar-refractivity contribution >= 4 is 30.4 Å². The number of hydrogen-bond donors (Lipinski definition) is 4. The first-order valence-electron chi connectivity index (χ1n) is 11.1. The molecular weight excluding hydrogens is 416 g/mol. The molecule has 0 rings (SSSR count). The molecule has 1 atom stereocenters. The van der Waals surface area contributed by atoms with Crippen LogP contribution >= 0.6 is 12.6 Å². The lowest BCUT2D eigenvalue weighted by Crippen LogP contribution is -2.47. The van der Waals surface area contributed by atoms with Crippen molar-refractivity contribution < 1.29 is 24.2 Å². The Bertz CT molecular complexity index is 601. The number of carbonyl (C=O) groups excluding carboxylic acids is 3. The summed E-state index contributed by atoms with van der Waals surface area (Å²) in [6, 6.07) is 0. The van der Waals surface area contributed by atoms with E-state index in [4.69, 9.17) is 4.74 Å². The van der Waals surface area contributed by atoms with Crippen LogP contribution in [0.1, 0.15) is 72.1 Å². The minimum Gasteiger partial charge on any atom is -0.465 e. The summed E-state index contributed by atoms with van der Waals surface area (Å²) in [5, 5.41) is 15.4. The highest BCUT2D eigenvalue weighted by molar-refractivity contribution is 7.80. The molecule has 0 aromatic carbocycles. The molecule has 0 bridgehead atoms. The first-order chi connectivity index (χ1) is 14.7. The Labute approximate surface area is 192 Å². The van der Waals surface area contributed by atoms with Crippen molar-refractivity contribution in [1.29, 1.82) is 0 Å². The SMILES string of the molecule is CCCCCCCC=C=CCC(=O)OCC(C)(C)[C@H](O)C(=O)NCCC(=O)NCCS. The number of aliphatic hydroxyl groups excluding tert-OH is 1. The van der Waals surface area contributed by atoms with Crippen LogP contribution in [0.5, 0.6) is 0 Å². The molecule has 0 heterocycles. The summed E-state index contributed by atoms with van der Waals surface area (Å²) in [4.78, 5) is 35.5. The zero-order valence-electron chi connectivity index (χ0n) is 19.2. The number of hydrogen-bond acceptors (Lipinski definition) is 6. The Kier molecular flexibility index (Phi) is 16.9. The summed E-state index contributed by atoms with van der Waals surface area (Å²) in [5.74, 6) is -0.708. The van der Waals surface area contributed by atoms with Crippen molar-refractivity contribution in [2.24, 2.45) is 5.41 Å². The van der Waals surface area contributed by atoms with E-state index in [1.165, 1.54) is 25.7 Å². The number of nitrogens with one attached hydrogen (secondary N) is 2. The van der Waals surface area contributed by atoms with E-state index >= 15 is 0 Å². The fraction of sp³-hybridized carbons (Fsp3) is 0.739. The Hall–Kier alpha value is -1.76. The first-order valence-corrected chi connectivity index (χ1v) is 11.8. The largest absolute Gasteiger partial charge is 0.465 e. The molecule has 7 nitrogen and oxygen atoms in total. The fourth-order valence-corrected chi connectivity index (χ4v) is 2.71. The second kappa shape index (κ2) is 17.9. The molecule has 2 amide bonds. The molecule has 8 heteroatoms. The van der Waals surface area contributed by atoms with Crippen molar-refractivity contribution in [2.75, 3.05) is 25.4 Å². The molecule has 0 aromatic heterocycles. The van der Waals surface area contributed by atoms with Gasteiger partial charge in [0.2, 0.25) is 11.8 Å². The molecule has 0 aromatic rings. The van der Waals surface area contributed by atoms with E-state index in [1.54, 1.807) is 19.9 Å². The highest BCUT2D eigenvalue weighted by Gasteiger charge is 2.34. The molecule has 0 aliphatic carbocycles. The lowest BCUT2D eigenvalue weighted by Gasteiger charge is -2.28. The monoisotopic (exact) mass is 456 g/mol. The van der Waals surface area contributed by atoms with Gasteiger partial charge in [0.25, 0.3) is 0 Å². The Morgan fingerprint density at radius 3 is 2.48 bits per heavy atom. The maximum absolute atomic E-state index is 12.1. The van der Waals surface area contributed by atoms with Gasteiger partial charge in [0, 0.05) is 30.7 Å². The van der Waals surface area contributed by atoms with Gasteiger partial charge in [-0.15, -0.1) is 5.73 Å². The summed E-state index contributed by atoms with van der Waals surface area (Å²) >= 11 is 4.00. The molecule has 0 saturated carbocycles. The number of ether oxygens (including phenoxy) is 1. The van der Waals surface area contributed by atoms with Gasteiger partial charge in [-0.2, -0.15) is 12.6 Å². The molecule has 0 saturated heterocycles. The summed E-state index contributed by atoms with van der Waals surface area (Å²) in [7, 11) is 0. The molecule has 0 spiro atoms. The molecule has 0 aliphatic heterocycles. The minimum absolute atomic E-state index is 0.0894. The van der Waals surface area contributed by atoms with Gasteiger partial charge in [-0.1, -0.05) is 46.5 Å². The van der Waals surface area contributed by atoms with Crippen LogP contribution < -0.4 is 10.6 Å². The van der Waals surface area contributed by atoms with Crippen molar-refractivity contribution in [3.63, 3.8) is 0 Å². The maximum atomic E-state index is 12.1. The maximum Gasteiger partial charge on any atom is 0.310 e. The third-order valence-corrected chi connectivity index (χ3v) is 4.86. The number of carbonyl (C=O) groups is 3. The zero-order chi connectivity index (χ0) is 23.5. The van der Waals surface area contributed by atoms with Crippen molar-refractivity contribution in [3.8, 4) is 0 Å². The number of esters is 1. The Balaban J connectivity index is 4.16. The summed E-state index contributed by atoms with van der Waals surface area (Å²) in [6.45, 7) is 5.93. The van der Waals surface area contributed by atoms with Crippen molar-refractivity contribution in [3.05, 3.63) is 17.9 Å².